The molecule has 1 aromatic rings. The summed E-state index contributed by atoms with van der Waals surface area (Å²) in [5.74, 6) is -0.0377. The fourth-order valence-corrected chi connectivity index (χ4v) is 3.27. The Balaban J connectivity index is 2.42. The molecule has 2 rings (SSSR count). The Hall–Kier alpha value is -1.31. The molecular formula is C17H24O2. The Bertz CT molecular complexity index is 486. The molecule has 1 aliphatic rings. The molecule has 1 aliphatic carbocycles. The first kappa shape index (κ1) is 14.1. The van der Waals surface area contributed by atoms with Crippen LogP contribution in [0.3, 0.4) is 0 Å². The van der Waals surface area contributed by atoms with Crippen molar-refractivity contribution in [1.82, 2.24) is 0 Å². The first-order valence-electron chi connectivity index (χ1n) is 7.13. The van der Waals surface area contributed by atoms with Crippen LogP contribution in [0.5, 0.6) is 0 Å². The SMILES string of the molecule is CC(C)c1ccc2c(c1)C(CC(=O)O)CC(C)(C)C2. The minimum atomic E-state index is -0.691. The fraction of sp³-hybridized carbons (Fsp3) is 0.588. The van der Waals surface area contributed by atoms with Gasteiger partial charge in [-0.2, -0.15) is 0 Å². The summed E-state index contributed by atoms with van der Waals surface area (Å²) in [6.07, 6.45) is 2.27. The van der Waals surface area contributed by atoms with Crippen LogP contribution in [0.15, 0.2) is 18.2 Å². The highest BCUT2D eigenvalue weighted by Gasteiger charge is 2.33. The number of hydrogen-bond acceptors (Lipinski definition) is 1. The zero-order chi connectivity index (χ0) is 14.2. The summed E-state index contributed by atoms with van der Waals surface area (Å²) in [7, 11) is 0. The van der Waals surface area contributed by atoms with Gasteiger partial charge < -0.3 is 5.11 Å². The lowest BCUT2D eigenvalue weighted by atomic mass is 9.68. The van der Waals surface area contributed by atoms with Crippen molar-refractivity contribution < 1.29 is 9.90 Å². The van der Waals surface area contributed by atoms with Crippen LogP contribution >= 0.6 is 0 Å². The number of carboxylic acid groups (broad SMARTS) is 1. The summed E-state index contributed by atoms with van der Waals surface area (Å²) in [6.45, 7) is 8.84. The predicted octanol–water partition coefficient (Wildman–Crippen LogP) is 4.34. The molecule has 1 unspecified atom stereocenters. The Morgan fingerprint density at radius 2 is 2.11 bits per heavy atom. The second-order valence-electron chi connectivity index (χ2n) is 6.95. The zero-order valence-corrected chi connectivity index (χ0v) is 12.4. The third-order valence-electron chi connectivity index (χ3n) is 4.17. The number of carbonyl (C=O) groups is 1. The van der Waals surface area contributed by atoms with E-state index in [9.17, 15) is 4.79 Å². The number of hydrogen-bond donors (Lipinski definition) is 1. The van der Waals surface area contributed by atoms with Gasteiger partial charge in [0.1, 0.15) is 0 Å². The highest BCUT2D eigenvalue weighted by Crippen LogP contribution is 2.44. The highest BCUT2D eigenvalue weighted by atomic mass is 16.4. The van der Waals surface area contributed by atoms with Crippen molar-refractivity contribution in [1.29, 1.82) is 0 Å². The van der Waals surface area contributed by atoms with E-state index in [4.69, 9.17) is 5.11 Å². The van der Waals surface area contributed by atoms with Crippen LogP contribution in [0, 0.1) is 5.41 Å². The molecule has 0 heterocycles. The molecule has 1 atom stereocenters. The number of fused-ring (bicyclic) bond motifs is 1. The van der Waals surface area contributed by atoms with E-state index in [-0.39, 0.29) is 17.8 Å². The van der Waals surface area contributed by atoms with E-state index >= 15 is 0 Å². The van der Waals surface area contributed by atoms with Gasteiger partial charge in [-0.3, -0.25) is 4.79 Å². The maximum Gasteiger partial charge on any atom is 0.303 e. The van der Waals surface area contributed by atoms with Crippen LogP contribution in [0.1, 0.15) is 69.1 Å². The molecule has 1 N–H and O–H groups in total. The largest absolute Gasteiger partial charge is 0.481 e. The van der Waals surface area contributed by atoms with Gasteiger partial charge in [0.25, 0.3) is 0 Å². The lowest BCUT2D eigenvalue weighted by molar-refractivity contribution is -0.137. The molecule has 104 valence electrons. The standard InChI is InChI=1S/C17H24O2/c1-11(2)12-5-6-13-9-17(3,4)10-14(8-16(18)19)15(13)7-12/h5-7,11,14H,8-10H2,1-4H3,(H,18,19). The third kappa shape index (κ3) is 3.17. The third-order valence-corrected chi connectivity index (χ3v) is 4.17. The van der Waals surface area contributed by atoms with Crippen LogP contribution in [-0.2, 0) is 11.2 Å². The van der Waals surface area contributed by atoms with E-state index in [0.717, 1.165) is 12.8 Å². The maximum atomic E-state index is 11.1. The first-order chi connectivity index (χ1) is 8.78. The number of carboxylic acids is 1. The number of rotatable bonds is 3. The average Bonchev–Trinajstić information content (AvgIpc) is 2.25. The van der Waals surface area contributed by atoms with Gasteiger partial charge in [0.15, 0.2) is 0 Å². The molecule has 0 spiro atoms. The van der Waals surface area contributed by atoms with Crippen molar-refractivity contribution in [3.63, 3.8) is 0 Å². The number of benzene rings is 1. The summed E-state index contributed by atoms with van der Waals surface area (Å²) < 4.78 is 0. The molecule has 19 heavy (non-hydrogen) atoms. The van der Waals surface area contributed by atoms with Gasteiger partial charge in [-0.05, 0) is 46.8 Å². The van der Waals surface area contributed by atoms with Crippen molar-refractivity contribution in [3.8, 4) is 0 Å². The quantitative estimate of drug-likeness (QED) is 0.877. The molecule has 0 radical (unpaired) electrons. The van der Waals surface area contributed by atoms with Crippen molar-refractivity contribution in [3.05, 3.63) is 34.9 Å². The van der Waals surface area contributed by atoms with Crippen molar-refractivity contribution in [2.24, 2.45) is 5.41 Å². The normalized spacial score (nSPS) is 21.2. The maximum absolute atomic E-state index is 11.1. The average molecular weight is 260 g/mol. The molecular weight excluding hydrogens is 236 g/mol. The smallest absolute Gasteiger partial charge is 0.303 e. The van der Waals surface area contributed by atoms with Crippen LogP contribution in [0.2, 0.25) is 0 Å². The van der Waals surface area contributed by atoms with Crippen molar-refractivity contribution >= 4 is 5.97 Å². The lowest BCUT2D eigenvalue weighted by Crippen LogP contribution is -2.27. The number of aliphatic carboxylic acids is 1. The molecule has 0 fully saturated rings. The van der Waals surface area contributed by atoms with Gasteiger partial charge in [-0.15, -0.1) is 0 Å². The van der Waals surface area contributed by atoms with E-state index in [2.05, 4.69) is 45.9 Å². The molecule has 0 aromatic heterocycles. The topological polar surface area (TPSA) is 37.3 Å². The molecule has 0 saturated heterocycles. The summed E-state index contributed by atoms with van der Waals surface area (Å²) in [5.41, 5.74) is 4.13. The summed E-state index contributed by atoms with van der Waals surface area (Å²) in [5, 5.41) is 9.14. The molecule has 0 saturated carbocycles. The van der Waals surface area contributed by atoms with E-state index in [1.807, 2.05) is 0 Å². The molecule has 1 aromatic carbocycles. The zero-order valence-electron chi connectivity index (χ0n) is 12.4. The molecule has 0 bridgehead atoms. The van der Waals surface area contributed by atoms with Crippen LogP contribution < -0.4 is 0 Å². The van der Waals surface area contributed by atoms with Gasteiger partial charge in [-0.25, -0.2) is 0 Å². The van der Waals surface area contributed by atoms with E-state index < -0.39 is 5.97 Å². The Labute approximate surface area is 115 Å². The van der Waals surface area contributed by atoms with Crippen molar-refractivity contribution in [2.45, 2.75) is 58.8 Å². The van der Waals surface area contributed by atoms with Gasteiger partial charge in [0, 0.05) is 0 Å². The van der Waals surface area contributed by atoms with Gasteiger partial charge in [-0.1, -0.05) is 45.9 Å². The minimum absolute atomic E-state index is 0.162. The summed E-state index contributed by atoms with van der Waals surface area (Å²) in [4.78, 5) is 11.1. The van der Waals surface area contributed by atoms with E-state index in [0.29, 0.717) is 5.92 Å². The highest BCUT2D eigenvalue weighted by molar-refractivity contribution is 5.68. The van der Waals surface area contributed by atoms with Crippen LogP contribution in [0.25, 0.3) is 0 Å². The van der Waals surface area contributed by atoms with E-state index in [1.165, 1.54) is 16.7 Å². The van der Waals surface area contributed by atoms with Gasteiger partial charge in [0.05, 0.1) is 6.42 Å². The summed E-state index contributed by atoms with van der Waals surface area (Å²) in [6, 6.07) is 6.64. The lowest BCUT2D eigenvalue weighted by Gasteiger charge is -2.37. The Morgan fingerprint density at radius 3 is 2.68 bits per heavy atom. The van der Waals surface area contributed by atoms with Gasteiger partial charge >= 0.3 is 5.97 Å². The molecule has 2 nitrogen and oxygen atoms in total. The second kappa shape index (κ2) is 4.99. The summed E-state index contributed by atoms with van der Waals surface area (Å²) >= 11 is 0. The monoisotopic (exact) mass is 260 g/mol. The van der Waals surface area contributed by atoms with Crippen LogP contribution in [0.4, 0.5) is 0 Å². The second-order valence-corrected chi connectivity index (χ2v) is 6.95. The molecule has 2 heteroatoms. The fourth-order valence-electron chi connectivity index (χ4n) is 3.27. The predicted molar refractivity (Wildman–Crippen MR) is 77.6 cm³/mol. The van der Waals surface area contributed by atoms with Crippen LogP contribution in [-0.4, -0.2) is 11.1 Å². The Morgan fingerprint density at radius 1 is 1.42 bits per heavy atom. The Kier molecular flexibility index (Phi) is 3.71. The molecule has 0 amide bonds. The molecule has 0 aliphatic heterocycles. The van der Waals surface area contributed by atoms with Gasteiger partial charge in [0.2, 0.25) is 0 Å². The minimum Gasteiger partial charge on any atom is -0.481 e. The first-order valence-corrected chi connectivity index (χ1v) is 7.13. The van der Waals surface area contributed by atoms with E-state index in [1.54, 1.807) is 0 Å². The van der Waals surface area contributed by atoms with Crippen molar-refractivity contribution in [2.75, 3.05) is 0 Å².